The van der Waals surface area contributed by atoms with E-state index in [0.29, 0.717) is 11.1 Å². The zero-order chi connectivity index (χ0) is 28.2. The van der Waals surface area contributed by atoms with Crippen LogP contribution in [0.2, 0.25) is 0 Å². The van der Waals surface area contributed by atoms with Crippen LogP contribution in [0.4, 0.5) is 0 Å². The van der Waals surface area contributed by atoms with Crippen LogP contribution in [0.1, 0.15) is 20.7 Å². The van der Waals surface area contributed by atoms with Crippen molar-refractivity contribution in [2.24, 2.45) is 0 Å². The second kappa shape index (κ2) is 9.43. The molecule has 0 bridgehead atoms. The number of benzene rings is 6. The van der Waals surface area contributed by atoms with E-state index in [2.05, 4.69) is 24.3 Å². The molecule has 0 unspecified atom stereocenters. The lowest BCUT2D eigenvalue weighted by Gasteiger charge is -2.09. The largest absolute Gasteiger partial charge is 0.276 e. The molecule has 0 aliphatic heterocycles. The summed E-state index contributed by atoms with van der Waals surface area (Å²) in [5, 5.41) is 4.25. The molecule has 8 aromatic rings. The van der Waals surface area contributed by atoms with Crippen molar-refractivity contribution in [3.05, 3.63) is 157 Å². The van der Waals surface area contributed by atoms with Crippen LogP contribution >= 0.6 is 0 Å². The molecule has 0 saturated heterocycles. The average Bonchev–Trinajstić information content (AvgIpc) is 3.57. The zero-order valence-electron chi connectivity index (χ0n) is 22.6. The third kappa shape index (κ3) is 3.62. The summed E-state index contributed by atoms with van der Waals surface area (Å²) >= 11 is 0. The molecule has 0 radical (unpaired) electrons. The molecule has 0 N–H and O–H groups in total. The molecule has 4 heteroatoms. The summed E-state index contributed by atoms with van der Waals surface area (Å²) in [6.45, 7) is 0. The van der Waals surface area contributed by atoms with Gasteiger partial charge in [-0.1, -0.05) is 97.1 Å². The standard InChI is InChI=1S/C38H24N2O2/c41-37(39-33-13-5-1-9-29(33)30-10-2-6-14-34(30)39)27-21-17-25(18-22-27)26-19-23-28(24-20-26)38(42)40-35-15-7-3-11-31(35)32-12-4-8-16-36(32)40/h1-24H. The summed E-state index contributed by atoms with van der Waals surface area (Å²) in [5.74, 6) is -0.128. The number of fused-ring (bicyclic) bond motifs is 6. The minimum atomic E-state index is -0.0638. The summed E-state index contributed by atoms with van der Waals surface area (Å²) in [5.41, 5.74) is 6.78. The van der Waals surface area contributed by atoms with E-state index in [9.17, 15) is 9.59 Å². The number of aromatic nitrogens is 2. The molecule has 0 amide bonds. The third-order valence-corrected chi connectivity index (χ3v) is 8.16. The topological polar surface area (TPSA) is 44.0 Å². The van der Waals surface area contributed by atoms with Crippen LogP contribution in [0.5, 0.6) is 0 Å². The van der Waals surface area contributed by atoms with Gasteiger partial charge in [0.15, 0.2) is 0 Å². The maximum Gasteiger partial charge on any atom is 0.262 e. The predicted molar refractivity (Wildman–Crippen MR) is 170 cm³/mol. The summed E-state index contributed by atoms with van der Waals surface area (Å²) in [6.07, 6.45) is 0. The van der Waals surface area contributed by atoms with E-state index < -0.39 is 0 Å². The summed E-state index contributed by atoms with van der Waals surface area (Å²) in [6, 6.07) is 47.4. The Bertz CT molecular complexity index is 2050. The Kier molecular flexibility index (Phi) is 5.41. The minimum Gasteiger partial charge on any atom is -0.276 e. The van der Waals surface area contributed by atoms with E-state index in [4.69, 9.17) is 0 Å². The number of para-hydroxylation sites is 4. The van der Waals surface area contributed by atoms with Crippen molar-refractivity contribution >= 4 is 55.4 Å². The van der Waals surface area contributed by atoms with Gasteiger partial charge in [-0.25, -0.2) is 0 Å². The quantitative estimate of drug-likeness (QED) is 0.225. The van der Waals surface area contributed by atoms with Crippen LogP contribution in [0.15, 0.2) is 146 Å². The molecule has 0 fully saturated rings. The van der Waals surface area contributed by atoms with E-state index in [0.717, 1.165) is 54.7 Å². The lowest BCUT2D eigenvalue weighted by molar-refractivity contribution is 0.0961. The Labute approximate surface area is 241 Å². The normalized spacial score (nSPS) is 11.5. The number of carbonyl (C=O) groups is 2. The fraction of sp³-hybridized carbons (Fsp3) is 0. The van der Waals surface area contributed by atoms with Crippen molar-refractivity contribution in [1.29, 1.82) is 0 Å². The first-order valence-electron chi connectivity index (χ1n) is 14.0. The van der Waals surface area contributed by atoms with E-state index >= 15 is 0 Å². The van der Waals surface area contributed by atoms with Crippen LogP contribution in [0, 0.1) is 0 Å². The summed E-state index contributed by atoms with van der Waals surface area (Å²) in [4.78, 5) is 27.4. The lowest BCUT2D eigenvalue weighted by Crippen LogP contribution is -2.11. The molecule has 198 valence electrons. The second-order valence-electron chi connectivity index (χ2n) is 10.5. The van der Waals surface area contributed by atoms with Crippen LogP contribution in [0.25, 0.3) is 54.7 Å². The van der Waals surface area contributed by atoms with Crippen LogP contribution in [-0.4, -0.2) is 20.9 Å². The summed E-state index contributed by atoms with van der Waals surface area (Å²) < 4.78 is 3.60. The number of hydrogen-bond acceptors (Lipinski definition) is 2. The van der Waals surface area contributed by atoms with E-state index in [1.165, 1.54) is 0 Å². The first-order chi connectivity index (χ1) is 20.7. The minimum absolute atomic E-state index is 0.0638. The molecule has 2 heterocycles. The van der Waals surface area contributed by atoms with Gasteiger partial charge in [0.25, 0.3) is 11.8 Å². The van der Waals surface area contributed by atoms with E-state index in [-0.39, 0.29) is 11.8 Å². The lowest BCUT2D eigenvalue weighted by atomic mass is 10.0. The first-order valence-corrected chi connectivity index (χ1v) is 14.0. The monoisotopic (exact) mass is 540 g/mol. The van der Waals surface area contributed by atoms with Crippen LogP contribution in [0.3, 0.4) is 0 Å². The molecule has 0 aliphatic carbocycles. The third-order valence-electron chi connectivity index (χ3n) is 8.16. The molecular formula is C38H24N2O2. The maximum absolute atomic E-state index is 13.7. The fourth-order valence-electron chi connectivity index (χ4n) is 6.15. The Hall–Kier alpha value is -5.74. The smallest absolute Gasteiger partial charge is 0.262 e. The Morgan fingerprint density at radius 1 is 0.333 bits per heavy atom. The Morgan fingerprint density at radius 2 is 0.595 bits per heavy atom. The number of hydrogen-bond donors (Lipinski definition) is 0. The van der Waals surface area contributed by atoms with Crippen molar-refractivity contribution in [2.75, 3.05) is 0 Å². The molecular weight excluding hydrogens is 516 g/mol. The van der Waals surface area contributed by atoms with Crippen molar-refractivity contribution in [3.8, 4) is 11.1 Å². The average molecular weight is 541 g/mol. The highest BCUT2D eigenvalue weighted by Gasteiger charge is 2.19. The maximum atomic E-state index is 13.7. The van der Waals surface area contributed by atoms with Crippen molar-refractivity contribution in [2.45, 2.75) is 0 Å². The van der Waals surface area contributed by atoms with Crippen molar-refractivity contribution < 1.29 is 9.59 Å². The van der Waals surface area contributed by atoms with Gasteiger partial charge < -0.3 is 0 Å². The summed E-state index contributed by atoms with van der Waals surface area (Å²) in [7, 11) is 0. The fourth-order valence-corrected chi connectivity index (χ4v) is 6.15. The van der Waals surface area contributed by atoms with Gasteiger partial charge in [-0.15, -0.1) is 0 Å². The first kappa shape index (κ1) is 24.1. The molecule has 4 nitrogen and oxygen atoms in total. The highest BCUT2D eigenvalue weighted by atomic mass is 16.2. The number of rotatable bonds is 3. The van der Waals surface area contributed by atoms with Crippen LogP contribution < -0.4 is 0 Å². The SMILES string of the molecule is O=C(c1ccc(-c2ccc(C(=O)n3c4ccccc4c4ccccc43)cc2)cc1)n1c2ccccc2c2ccccc21. The van der Waals surface area contributed by atoms with Gasteiger partial charge in [-0.3, -0.25) is 18.7 Å². The molecule has 0 atom stereocenters. The van der Waals surface area contributed by atoms with Crippen LogP contribution in [-0.2, 0) is 0 Å². The van der Waals surface area contributed by atoms with Crippen molar-refractivity contribution in [1.82, 2.24) is 9.13 Å². The molecule has 0 aliphatic rings. The molecule has 2 aromatic heterocycles. The molecule has 0 saturated carbocycles. The highest BCUT2D eigenvalue weighted by molar-refractivity contribution is 6.17. The van der Waals surface area contributed by atoms with E-state index in [1.807, 2.05) is 121 Å². The van der Waals surface area contributed by atoms with Gasteiger partial charge >= 0.3 is 0 Å². The number of carbonyl (C=O) groups excluding carboxylic acids is 2. The molecule has 0 spiro atoms. The highest BCUT2D eigenvalue weighted by Crippen LogP contribution is 2.31. The van der Waals surface area contributed by atoms with Gasteiger partial charge in [-0.2, -0.15) is 0 Å². The molecule has 8 rings (SSSR count). The number of nitrogens with zero attached hydrogens (tertiary/aromatic N) is 2. The van der Waals surface area contributed by atoms with Gasteiger partial charge in [-0.05, 0) is 59.7 Å². The van der Waals surface area contributed by atoms with E-state index in [1.54, 1.807) is 9.13 Å². The van der Waals surface area contributed by atoms with Gasteiger partial charge in [0.1, 0.15) is 0 Å². The Morgan fingerprint density at radius 3 is 0.881 bits per heavy atom. The predicted octanol–water partition coefficient (Wildman–Crippen LogP) is 8.95. The van der Waals surface area contributed by atoms with Crippen molar-refractivity contribution in [3.63, 3.8) is 0 Å². The molecule has 6 aromatic carbocycles. The molecule has 42 heavy (non-hydrogen) atoms. The van der Waals surface area contributed by atoms with Gasteiger partial charge in [0, 0.05) is 32.7 Å². The van der Waals surface area contributed by atoms with Gasteiger partial charge in [0.2, 0.25) is 0 Å². The van der Waals surface area contributed by atoms with Gasteiger partial charge in [0.05, 0.1) is 22.1 Å². The Balaban J connectivity index is 1.11. The zero-order valence-corrected chi connectivity index (χ0v) is 22.6. The second-order valence-corrected chi connectivity index (χ2v) is 10.5.